The lowest BCUT2D eigenvalue weighted by atomic mass is 10.3. The molecule has 0 aliphatic heterocycles. The van der Waals surface area contributed by atoms with Crippen molar-refractivity contribution in [2.45, 2.75) is 0 Å². The number of ether oxygens (including phenoxy) is 1. The van der Waals surface area contributed by atoms with Gasteiger partial charge in [0.05, 0.1) is 5.75 Å². The van der Waals surface area contributed by atoms with Crippen LogP contribution in [0.2, 0.25) is 0 Å². The van der Waals surface area contributed by atoms with Crippen LogP contribution in [0.3, 0.4) is 0 Å². The van der Waals surface area contributed by atoms with Crippen molar-refractivity contribution in [1.82, 2.24) is 4.90 Å². The zero-order chi connectivity index (χ0) is 16.5. The van der Waals surface area contributed by atoms with Gasteiger partial charge in [-0.15, -0.1) is 0 Å². The Morgan fingerprint density at radius 2 is 1.43 bits per heavy atom. The highest BCUT2D eigenvalue weighted by Crippen LogP contribution is 2.12. The first-order chi connectivity index (χ1) is 11.1. The third-order valence-electron chi connectivity index (χ3n) is 3.17. The average Bonchev–Trinajstić information content (AvgIpc) is 2.55. The van der Waals surface area contributed by atoms with Crippen LogP contribution in [0.5, 0.6) is 11.5 Å². The molecule has 0 fully saturated rings. The molecule has 2 aromatic carbocycles. The monoisotopic (exact) mass is 335 g/mol. The van der Waals surface area contributed by atoms with Gasteiger partial charge in [0.15, 0.2) is 0 Å². The zero-order valence-corrected chi connectivity index (χ0v) is 13.9. The van der Waals surface area contributed by atoms with Crippen LogP contribution in [0.25, 0.3) is 0 Å². The van der Waals surface area contributed by atoms with Gasteiger partial charge in [0.1, 0.15) is 18.1 Å². The Kier molecular flexibility index (Phi) is 6.43. The largest absolute Gasteiger partial charge is 0.492 e. The van der Waals surface area contributed by atoms with Gasteiger partial charge in [-0.2, -0.15) is 8.42 Å². The first-order valence-corrected chi connectivity index (χ1v) is 8.96. The molecule has 124 valence electrons. The fourth-order valence-electron chi connectivity index (χ4n) is 1.88. The lowest BCUT2D eigenvalue weighted by Gasteiger charge is -2.17. The second kappa shape index (κ2) is 8.55. The van der Waals surface area contributed by atoms with Crippen molar-refractivity contribution in [1.29, 1.82) is 0 Å². The van der Waals surface area contributed by atoms with E-state index in [1.165, 1.54) is 0 Å². The van der Waals surface area contributed by atoms with Gasteiger partial charge in [0, 0.05) is 13.1 Å². The smallest absolute Gasteiger partial charge is 0.310 e. The number of rotatable bonds is 9. The predicted octanol–water partition coefficient (Wildman–Crippen LogP) is 2.41. The Morgan fingerprint density at radius 1 is 0.870 bits per heavy atom. The van der Waals surface area contributed by atoms with Crippen molar-refractivity contribution < 1.29 is 17.3 Å². The maximum Gasteiger partial charge on any atom is 0.310 e. The first-order valence-electron chi connectivity index (χ1n) is 7.39. The van der Waals surface area contributed by atoms with E-state index < -0.39 is 10.1 Å². The number of hydrogen-bond donors (Lipinski definition) is 0. The quantitative estimate of drug-likeness (QED) is 0.659. The summed E-state index contributed by atoms with van der Waals surface area (Å²) >= 11 is 0. The van der Waals surface area contributed by atoms with E-state index >= 15 is 0 Å². The lowest BCUT2D eigenvalue weighted by Crippen LogP contribution is -2.30. The van der Waals surface area contributed by atoms with Crippen LogP contribution in [-0.4, -0.2) is 45.8 Å². The summed E-state index contributed by atoms with van der Waals surface area (Å²) in [4.78, 5) is 1.90. The van der Waals surface area contributed by atoms with Crippen molar-refractivity contribution in [2.24, 2.45) is 0 Å². The molecule has 5 nitrogen and oxygen atoms in total. The highest BCUT2D eigenvalue weighted by atomic mass is 32.2. The number of hydrogen-bond acceptors (Lipinski definition) is 5. The highest BCUT2D eigenvalue weighted by molar-refractivity contribution is 7.87. The Hall–Kier alpha value is -2.05. The van der Waals surface area contributed by atoms with E-state index in [1.54, 1.807) is 30.3 Å². The first kappa shape index (κ1) is 17.3. The molecule has 23 heavy (non-hydrogen) atoms. The van der Waals surface area contributed by atoms with Gasteiger partial charge < -0.3 is 13.8 Å². The SMILES string of the molecule is CN(CCOc1ccccc1)CCS(=O)(=O)Oc1ccccc1. The summed E-state index contributed by atoms with van der Waals surface area (Å²) in [5.41, 5.74) is 0. The van der Waals surface area contributed by atoms with E-state index in [2.05, 4.69) is 0 Å². The van der Waals surface area contributed by atoms with Gasteiger partial charge in [-0.3, -0.25) is 0 Å². The molecule has 0 bridgehead atoms. The minimum Gasteiger partial charge on any atom is -0.492 e. The molecule has 0 aliphatic carbocycles. The van der Waals surface area contributed by atoms with Crippen LogP contribution in [0.4, 0.5) is 0 Å². The molecule has 0 aromatic heterocycles. The molecule has 0 unspecified atom stereocenters. The maximum absolute atomic E-state index is 11.9. The van der Waals surface area contributed by atoms with E-state index in [1.807, 2.05) is 42.3 Å². The summed E-state index contributed by atoms with van der Waals surface area (Å²) in [6.45, 7) is 1.52. The fraction of sp³-hybridized carbons (Fsp3) is 0.294. The number of likely N-dealkylation sites (N-methyl/N-ethyl adjacent to an activating group) is 1. The van der Waals surface area contributed by atoms with Gasteiger partial charge in [0.25, 0.3) is 0 Å². The van der Waals surface area contributed by atoms with E-state index in [0.29, 0.717) is 25.4 Å². The standard InChI is InChI=1S/C17H21NO4S/c1-18(12-14-21-16-8-4-2-5-9-16)13-15-23(19,20)22-17-10-6-3-7-11-17/h2-11H,12-15H2,1H3. The van der Waals surface area contributed by atoms with Crippen molar-refractivity contribution in [2.75, 3.05) is 32.5 Å². The van der Waals surface area contributed by atoms with Gasteiger partial charge in [-0.05, 0) is 31.3 Å². The van der Waals surface area contributed by atoms with Crippen molar-refractivity contribution in [3.05, 3.63) is 60.7 Å². The summed E-state index contributed by atoms with van der Waals surface area (Å²) < 4.78 is 34.5. The molecule has 0 saturated carbocycles. The minimum absolute atomic E-state index is 0.0657. The van der Waals surface area contributed by atoms with E-state index in [9.17, 15) is 8.42 Å². The average molecular weight is 335 g/mol. The normalized spacial score (nSPS) is 11.4. The molecule has 0 radical (unpaired) electrons. The second-order valence-electron chi connectivity index (χ2n) is 5.12. The Morgan fingerprint density at radius 3 is 2.04 bits per heavy atom. The minimum atomic E-state index is -3.59. The Bertz CT molecular complexity index is 674. The number of nitrogens with zero attached hydrogens (tertiary/aromatic N) is 1. The molecule has 0 saturated heterocycles. The third-order valence-corrected chi connectivity index (χ3v) is 4.30. The van der Waals surface area contributed by atoms with Crippen molar-refractivity contribution >= 4 is 10.1 Å². The Balaban J connectivity index is 1.70. The molecular weight excluding hydrogens is 314 g/mol. The molecular formula is C17H21NO4S. The second-order valence-corrected chi connectivity index (χ2v) is 6.81. The van der Waals surface area contributed by atoms with E-state index in [-0.39, 0.29) is 5.75 Å². The van der Waals surface area contributed by atoms with Crippen LogP contribution >= 0.6 is 0 Å². The van der Waals surface area contributed by atoms with Gasteiger partial charge in [0.2, 0.25) is 0 Å². The van der Waals surface area contributed by atoms with Crippen LogP contribution in [0.1, 0.15) is 0 Å². The molecule has 0 heterocycles. The summed E-state index contributed by atoms with van der Waals surface area (Å²) in [6.07, 6.45) is 0. The summed E-state index contributed by atoms with van der Waals surface area (Å²) in [5.74, 6) is 1.08. The molecule has 0 aliphatic rings. The molecule has 0 amide bonds. The summed E-state index contributed by atoms with van der Waals surface area (Å²) in [6, 6.07) is 18.0. The summed E-state index contributed by atoms with van der Waals surface area (Å²) in [5, 5.41) is 0. The van der Waals surface area contributed by atoms with E-state index in [0.717, 1.165) is 5.75 Å². The van der Waals surface area contributed by atoms with Crippen LogP contribution < -0.4 is 8.92 Å². The Labute approximate surface area is 137 Å². The highest BCUT2D eigenvalue weighted by Gasteiger charge is 2.14. The topological polar surface area (TPSA) is 55.8 Å². The summed E-state index contributed by atoms with van der Waals surface area (Å²) in [7, 11) is -1.74. The molecule has 0 spiro atoms. The van der Waals surface area contributed by atoms with E-state index in [4.69, 9.17) is 8.92 Å². The van der Waals surface area contributed by atoms with Gasteiger partial charge >= 0.3 is 10.1 Å². The maximum atomic E-state index is 11.9. The van der Waals surface area contributed by atoms with Crippen molar-refractivity contribution in [3.8, 4) is 11.5 Å². The van der Waals surface area contributed by atoms with Gasteiger partial charge in [-0.25, -0.2) is 0 Å². The predicted molar refractivity (Wildman–Crippen MR) is 90.3 cm³/mol. The lowest BCUT2D eigenvalue weighted by molar-refractivity contribution is 0.243. The zero-order valence-electron chi connectivity index (χ0n) is 13.1. The van der Waals surface area contributed by atoms with Crippen LogP contribution in [0, 0.1) is 0 Å². The van der Waals surface area contributed by atoms with Crippen LogP contribution in [-0.2, 0) is 10.1 Å². The molecule has 0 atom stereocenters. The number of para-hydroxylation sites is 2. The molecule has 0 N–H and O–H groups in total. The molecule has 2 aromatic rings. The fourth-order valence-corrected chi connectivity index (χ4v) is 2.90. The molecule has 6 heteroatoms. The molecule has 2 rings (SSSR count). The van der Waals surface area contributed by atoms with Gasteiger partial charge in [-0.1, -0.05) is 36.4 Å². The van der Waals surface area contributed by atoms with Crippen molar-refractivity contribution in [3.63, 3.8) is 0 Å². The number of benzene rings is 2. The van der Waals surface area contributed by atoms with Crippen LogP contribution in [0.15, 0.2) is 60.7 Å². The third kappa shape index (κ3) is 6.71.